The standard InChI is InChI=1S/C15H18Cl2FN3/c1-4-12-15(17)14(21(3)20-12)8-13(19-2)9-5-6-11(18)10(16)7-9/h5-7,13,19H,4,8H2,1-3H3. The smallest absolute Gasteiger partial charge is 0.141 e. The molecule has 0 spiro atoms. The van der Waals surface area contributed by atoms with Crippen LogP contribution in [0.5, 0.6) is 0 Å². The maximum absolute atomic E-state index is 13.3. The quantitative estimate of drug-likeness (QED) is 0.900. The Morgan fingerprint density at radius 2 is 2.10 bits per heavy atom. The van der Waals surface area contributed by atoms with Gasteiger partial charge in [0.2, 0.25) is 0 Å². The largest absolute Gasteiger partial charge is 0.313 e. The zero-order valence-electron chi connectivity index (χ0n) is 12.3. The molecule has 2 rings (SSSR count). The van der Waals surface area contributed by atoms with Crippen molar-refractivity contribution in [1.82, 2.24) is 15.1 Å². The van der Waals surface area contributed by atoms with E-state index in [0.717, 1.165) is 23.4 Å². The minimum absolute atomic E-state index is 0.0132. The molecule has 1 aromatic heterocycles. The number of nitrogens with one attached hydrogen (secondary N) is 1. The van der Waals surface area contributed by atoms with Crippen molar-refractivity contribution in [2.24, 2.45) is 7.05 Å². The van der Waals surface area contributed by atoms with Crippen LogP contribution in [0.3, 0.4) is 0 Å². The molecule has 3 nitrogen and oxygen atoms in total. The second-order valence-corrected chi connectivity index (χ2v) is 5.69. The molecule has 1 aromatic carbocycles. The van der Waals surface area contributed by atoms with Crippen molar-refractivity contribution in [2.45, 2.75) is 25.8 Å². The van der Waals surface area contributed by atoms with Gasteiger partial charge in [-0.3, -0.25) is 4.68 Å². The third-order valence-electron chi connectivity index (χ3n) is 3.59. The molecular weight excluding hydrogens is 312 g/mol. The van der Waals surface area contributed by atoms with Crippen LogP contribution in [0.4, 0.5) is 4.39 Å². The van der Waals surface area contributed by atoms with Crippen molar-refractivity contribution >= 4 is 23.2 Å². The predicted molar refractivity (Wildman–Crippen MR) is 84.5 cm³/mol. The first kappa shape index (κ1) is 16.3. The lowest BCUT2D eigenvalue weighted by Crippen LogP contribution is -2.20. The summed E-state index contributed by atoms with van der Waals surface area (Å²) >= 11 is 12.2. The number of rotatable bonds is 5. The SMILES string of the molecule is CCc1nn(C)c(CC(NC)c2ccc(F)c(Cl)c2)c1Cl. The maximum atomic E-state index is 13.3. The number of halogens is 3. The molecule has 1 heterocycles. The highest BCUT2D eigenvalue weighted by Gasteiger charge is 2.19. The van der Waals surface area contributed by atoms with Crippen molar-refractivity contribution in [3.05, 3.63) is 51.0 Å². The molecule has 1 atom stereocenters. The molecule has 0 amide bonds. The summed E-state index contributed by atoms with van der Waals surface area (Å²) in [5.41, 5.74) is 2.76. The van der Waals surface area contributed by atoms with E-state index in [2.05, 4.69) is 10.4 Å². The molecule has 1 N–H and O–H groups in total. The molecule has 0 aliphatic rings. The van der Waals surface area contributed by atoms with Crippen LogP contribution < -0.4 is 5.32 Å². The number of hydrogen-bond donors (Lipinski definition) is 1. The Hall–Kier alpha value is -1.10. The number of benzene rings is 1. The molecule has 0 fully saturated rings. The van der Waals surface area contributed by atoms with Gasteiger partial charge in [0.15, 0.2) is 0 Å². The number of likely N-dealkylation sites (N-methyl/N-ethyl adjacent to an activating group) is 1. The molecule has 0 radical (unpaired) electrons. The van der Waals surface area contributed by atoms with Gasteiger partial charge in [0.05, 0.1) is 21.4 Å². The fraction of sp³-hybridized carbons (Fsp3) is 0.400. The average molecular weight is 330 g/mol. The second kappa shape index (κ2) is 6.77. The van der Waals surface area contributed by atoms with Gasteiger partial charge in [0.1, 0.15) is 5.82 Å². The lowest BCUT2D eigenvalue weighted by molar-refractivity contribution is 0.558. The van der Waals surface area contributed by atoms with E-state index in [1.54, 1.807) is 16.8 Å². The Kier molecular flexibility index (Phi) is 5.25. The monoisotopic (exact) mass is 329 g/mol. The minimum Gasteiger partial charge on any atom is -0.313 e. The van der Waals surface area contributed by atoms with E-state index in [4.69, 9.17) is 23.2 Å². The van der Waals surface area contributed by atoms with E-state index in [-0.39, 0.29) is 11.1 Å². The molecular formula is C15H18Cl2FN3. The number of hydrogen-bond acceptors (Lipinski definition) is 2. The molecule has 0 saturated carbocycles. The Labute approximate surface area is 134 Å². The topological polar surface area (TPSA) is 29.9 Å². The predicted octanol–water partition coefficient (Wildman–Crippen LogP) is 3.93. The number of aryl methyl sites for hydroxylation is 2. The highest BCUT2D eigenvalue weighted by atomic mass is 35.5. The summed E-state index contributed by atoms with van der Waals surface area (Å²) in [6, 6.07) is 4.74. The van der Waals surface area contributed by atoms with E-state index in [1.165, 1.54) is 6.07 Å². The summed E-state index contributed by atoms with van der Waals surface area (Å²) in [6.07, 6.45) is 1.44. The summed E-state index contributed by atoms with van der Waals surface area (Å²) in [6.45, 7) is 2.02. The van der Waals surface area contributed by atoms with Gasteiger partial charge in [-0.2, -0.15) is 5.10 Å². The summed E-state index contributed by atoms with van der Waals surface area (Å²) in [7, 11) is 3.73. The zero-order chi connectivity index (χ0) is 15.6. The summed E-state index contributed by atoms with van der Waals surface area (Å²) in [5.74, 6) is -0.415. The van der Waals surface area contributed by atoms with E-state index in [1.807, 2.05) is 21.0 Å². The summed E-state index contributed by atoms with van der Waals surface area (Å²) in [4.78, 5) is 0. The van der Waals surface area contributed by atoms with Crippen LogP contribution >= 0.6 is 23.2 Å². The Morgan fingerprint density at radius 1 is 1.38 bits per heavy atom. The van der Waals surface area contributed by atoms with E-state index >= 15 is 0 Å². The zero-order valence-corrected chi connectivity index (χ0v) is 13.8. The van der Waals surface area contributed by atoms with Gasteiger partial charge in [-0.25, -0.2) is 4.39 Å². The Balaban J connectivity index is 2.31. The fourth-order valence-corrected chi connectivity index (χ4v) is 2.91. The first-order valence-electron chi connectivity index (χ1n) is 6.80. The third kappa shape index (κ3) is 3.39. The van der Waals surface area contributed by atoms with Crippen LogP contribution in [0.1, 0.15) is 29.9 Å². The van der Waals surface area contributed by atoms with E-state index in [9.17, 15) is 4.39 Å². The second-order valence-electron chi connectivity index (χ2n) is 4.90. The van der Waals surface area contributed by atoms with Crippen LogP contribution in [0.2, 0.25) is 10.0 Å². The van der Waals surface area contributed by atoms with Crippen LogP contribution in [0.15, 0.2) is 18.2 Å². The molecule has 21 heavy (non-hydrogen) atoms. The maximum Gasteiger partial charge on any atom is 0.141 e. The van der Waals surface area contributed by atoms with E-state index < -0.39 is 5.82 Å². The molecule has 0 aliphatic carbocycles. The molecule has 2 aromatic rings. The third-order valence-corrected chi connectivity index (χ3v) is 4.32. The Morgan fingerprint density at radius 3 is 2.62 bits per heavy atom. The van der Waals surface area contributed by atoms with Gasteiger partial charge in [0, 0.05) is 19.5 Å². The van der Waals surface area contributed by atoms with Crippen molar-refractivity contribution < 1.29 is 4.39 Å². The van der Waals surface area contributed by atoms with Gasteiger partial charge in [0.25, 0.3) is 0 Å². The number of aromatic nitrogens is 2. The van der Waals surface area contributed by atoms with Crippen molar-refractivity contribution in [3.63, 3.8) is 0 Å². The fourth-order valence-electron chi connectivity index (χ4n) is 2.35. The minimum atomic E-state index is -0.415. The van der Waals surface area contributed by atoms with E-state index in [0.29, 0.717) is 11.4 Å². The van der Waals surface area contributed by atoms with Crippen LogP contribution in [-0.4, -0.2) is 16.8 Å². The highest BCUT2D eigenvalue weighted by Crippen LogP contribution is 2.28. The molecule has 114 valence electrons. The molecule has 6 heteroatoms. The van der Waals surface area contributed by atoms with Gasteiger partial charge in [-0.05, 0) is 31.2 Å². The molecule has 0 aliphatic heterocycles. The summed E-state index contributed by atoms with van der Waals surface area (Å²) < 4.78 is 15.1. The van der Waals surface area contributed by atoms with Crippen LogP contribution in [-0.2, 0) is 19.9 Å². The number of nitrogens with zero attached hydrogens (tertiary/aromatic N) is 2. The van der Waals surface area contributed by atoms with Gasteiger partial charge >= 0.3 is 0 Å². The van der Waals surface area contributed by atoms with Gasteiger partial charge < -0.3 is 5.32 Å². The first-order valence-corrected chi connectivity index (χ1v) is 7.56. The van der Waals surface area contributed by atoms with Gasteiger partial charge in [-0.1, -0.05) is 36.2 Å². The molecule has 0 saturated heterocycles. The lowest BCUT2D eigenvalue weighted by atomic mass is 10.0. The average Bonchev–Trinajstić information content (AvgIpc) is 2.74. The van der Waals surface area contributed by atoms with Crippen molar-refractivity contribution in [2.75, 3.05) is 7.05 Å². The Bertz CT molecular complexity index is 640. The highest BCUT2D eigenvalue weighted by molar-refractivity contribution is 6.32. The van der Waals surface area contributed by atoms with Crippen LogP contribution in [0.25, 0.3) is 0 Å². The molecule has 1 unspecified atom stereocenters. The first-order chi connectivity index (χ1) is 9.97. The van der Waals surface area contributed by atoms with Crippen molar-refractivity contribution in [1.29, 1.82) is 0 Å². The van der Waals surface area contributed by atoms with Crippen LogP contribution in [0, 0.1) is 5.82 Å². The van der Waals surface area contributed by atoms with Crippen molar-refractivity contribution in [3.8, 4) is 0 Å². The summed E-state index contributed by atoms with van der Waals surface area (Å²) in [5, 5.41) is 8.45. The van der Waals surface area contributed by atoms with Gasteiger partial charge in [-0.15, -0.1) is 0 Å². The lowest BCUT2D eigenvalue weighted by Gasteiger charge is -2.17. The molecule has 0 bridgehead atoms. The normalized spacial score (nSPS) is 12.7.